The fraction of sp³-hybridized carbons (Fsp3) is 0.176. The first-order chi connectivity index (χ1) is 11.5. The van der Waals surface area contributed by atoms with Crippen molar-refractivity contribution in [3.8, 4) is 11.5 Å². The smallest absolute Gasteiger partial charge is 0.260 e. The molecule has 2 aromatic heterocycles. The van der Waals surface area contributed by atoms with Crippen LogP contribution in [0.25, 0.3) is 10.2 Å². The molecule has 0 aliphatic rings. The number of rotatable bonds is 5. The Morgan fingerprint density at radius 3 is 2.79 bits per heavy atom. The summed E-state index contributed by atoms with van der Waals surface area (Å²) in [5.74, 6) is 0.626. The van der Waals surface area contributed by atoms with Gasteiger partial charge < -0.3 is 21.3 Å². The highest BCUT2D eigenvalue weighted by Gasteiger charge is 2.18. The van der Waals surface area contributed by atoms with E-state index in [0.717, 1.165) is 22.5 Å². The van der Waals surface area contributed by atoms with E-state index in [9.17, 15) is 4.79 Å². The second-order valence-corrected chi connectivity index (χ2v) is 6.37. The fourth-order valence-electron chi connectivity index (χ4n) is 2.51. The summed E-state index contributed by atoms with van der Waals surface area (Å²) in [6, 6.07) is 7.43. The van der Waals surface area contributed by atoms with Crippen LogP contribution in [0.3, 0.4) is 0 Å². The SMILES string of the molecule is Cc1cc(CCO)ccc1Oc1ccnc2sc(C(N)=O)c(N)c12. The molecular weight excluding hydrogens is 326 g/mol. The van der Waals surface area contributed by atoms with Gasteiger partial charge in [-0.15, -0.1) is 11.3 Å². The molecule has 1 aromatic carbocycles. The van der Waals surface area contributed by atoms with Crippen LogP contribution in [-0.4, -0.2) is 22.6 Å². The molecule has 1 amide bonds. The van der Waals surface area contributed by atoms with Crippen LogP contribution in [0.2, 0.25) is 0 Å². The van der Waals surface area contributed by atoms with Gasteiger partial charge in [-0.25, -0.2) is 4.98 Å². The first-order valence-corrected chi connectivity index (χ1v) is 8.18. The molecule has 6 nitrogen and oxygen atoms in total. The van der Waals surface area contributed by atoms with Crippen molar-refractivity contribution in [2.75, 3.05) is 12.3 Å². The number of nitrogen functional groups attached to an aromatic ring is 1. The number of amides is 1. The second-order valence-electron chi connectivity index (χ2n) is 5.37. The quantitative estimate of drug-likeness (QED) is 0.659. The van der Waals surface area contributed by atoms with Gasteiger partial charge in [-0.05, 0) is 36.6 Å². The molecule has 0 spiro atoms. The van der Waals surface area contributed by atoms with Crippen molar-refractivity contribution in [2.45, 2.75) is 13.3 Å². The van der Waals surface area contributed by atoms with Crippen molar-refractivity contribution in [2.24, 2.45) is 5.73 Å². The molecule has 3 rings (SSSR count). The standard InChI is InChI=1S/C17H17N3O3S/c1-9-8-10(5-7-21)2-3-11(9)23-12-4-6-20-17-13(12)14(18)15(24-17)16(19)22/h2-4,6,8,21H,5,7,18H2,1H3,(H2,19,22). The molecule has 0 atom stereocenters. The van der Waals surface area contributed by atoms with Crippen LogP contribution in [0.5, 0.6) is 11.5 Å². The van der Waals surface area contributed by atoms with Crippen LogP contribution in [0.1, 0.15) is 20.8 Å². The predicted molar refractivity (Wildman–Crippen MR) is 94.6 cm³/mol. The van der Waals surface area contributed by atoms with Crippen molar-refractivity contribution < 1.29 is 14.6 Å². The number of fused-ring (bicyclic) bond motifs is 1. The zero-order valence-electron chi connectivity index (χ0n) is 13.1. The number of aliphatic hydroxyl groups excluding tert-OH is 1. The van der Waals surface area contributed by atoms with E-state index in [1.165, 1.54) is 0 Å². The molecule has 124 valence electrons. The molecule has 0 saturated carbocycles. The van der Waals surface area contributed by atoms with E-state index in [1.807, 2.05) is 25.1 Å². The molecule has 0 aliphatic carbocycles. The zero-order chi connectivity index (χ0) is 17.3. The van der Waals surface area contributed by atoms with Gasteiger partial charge >= 0.3 is 0 Å². The topological polar surface area (TPSA) is 111 Å². The van der Waals surface area contributed by atoms with Crippen LogP contribution in [-0.2, 0) is 6.42 Å². The van der Waals surface area contributed by atoms with Gasteiger partial charge in [0.05, 0.1) is 11.1 Å². The van der Waals surface area contributed by atoms with Gasteiger partial charge in [-0.3, -0.25) is 4.79 Å². The first-order valence-electron chi connectivity index (χ1n) is 7.36. The van der Waals surface area contributed by atoms with Gasteiger partial charge in [-0.2, -0.15) is 0 Å². The number of hydrogen-bond acceptors (Lipinski definition) is 6. The number of aliphatic hydroxyl groups is 1. The summed E-state index contributed by atoms with van der Waals surface area (Å²) < 4.78 is 6.00. The molecule has 2 heterocycles. The highest BCUT2D eigenvalue weighted by atomic mass is 32.1. The number of nitrogens with two attached hydrogens (primary N) is 2. The third kappa shape index (κ3) is 2.91. The Morgan fingerprint density at radius 1 is 1.33 bits per heavy atom. The summed E-state index contributed by atoms with van der Waals surface area (Å²) in [5.41, 5.74) is 13.7. The Kier molecular flexibility index (Phi) is 4.37. The number of nitrogens with zero attached hydrogens (tertiary/aromatic N) is 1. The number of carbonyl (C=O) groups is 1. The van der Waals surface area contributed by atoms with Crippen molar-refractivity contribution in [3.05, 3.63) is 46.5 Å². The average Bonchev–Trinajstić information content (AvgIpc) is 2.89. The van der Waals surface area contributed by atoms with Crippen molar-refractivity contribution in [1.82, 2.24) is 4.98 Å². The average molecular weight is 343 g/mol. The summed E-state index contributed by atoms with van der Waals surface area (Å²) >= 11 is 1.15. The number of anilines is 1. The van der Waals surface area contributed by atoms with Crippen LogP contribution >= 0.6 is 11.3 Å². The lowest BCUT2D eigenvalue weighted by molar-refractivity contribution is 0.100. The summed E-state index contributed by atoms with van der Waals surface area (Å²) in [6.45, 7) is 2.03. The summed E-state index contributed by atoms with van der Waals surface area (Å²) in [4.78, 5) is 16.6. The molecule has 0 aliphatic heterocycles. The van der Waals surface area contributed by atoms with E-state index in [2.05, 4.69) is 4.98 Å². The van der Waals surface area contributed by atoms with Crippen LogP contribution in [0, 0.1) is 6.92 Å². The number of pyridine rings is 1. The molecule has 7 heteroatoms. The van der Waals surface area contributed by atoms with Crippen LogP contribution < -0.4 is 16.2 Å². The number of carbonyl (C=O) groups excluding carboxylic acids is 1. The summed E-state index contributed by atoms with van der Waals surface area (Å²) in [7, 11) is 0. The van der Waals surface area contributed by atoms with E-state index < -0.39 is 5.91 Å². The van der Waals surface area contributed by atoms with E-state index >= 15 is 0 Å². The van der Waals surface area contributed by atoms with Gasteiger partial charge in [0.2, 0.25) is 0 Å². The van der Waals surface area contributed by atoms with E-state index in [0.29, 0.717) is 33.8 Å². The molecule has 3 aromatic rings. The Morgan fingerprint density at radius 2 is 2.12 bits per heavy atom. The second kappa shape index (κ2) is 6.46. The maximum Gasteiger partial charge on any atom is 0.260 e. The van der Waals surface area contributed by atoms with E-state index in [1.54, 1.807) is 12.3 Å². The molecule has 24 heavy (non-hydrogen) atoms. The summed E-state index contributed by atoms with van der Waals surface area (Å²) in [5, 5.41) is 9.62. The molecule has 5 N–H and O–H groups in total. The number of hydrogen-bond donors (Lipinski definition) is 3. The molecule has 0 radical (unpaired) electrons. The minimum atomic E-state index is -0.578. The maximum atomic E-state index is 11.5. The third-order valence-corrected chi connectivity index (χ3v) is 4.80. The van der Waals surface area contributed by atoms with Gasteiger partial charge in [0.1, 0.15) is 21.2 Å². The van der Waals surface area contributed by atoms with Gasteiger partial charge in [0.15, 0.2) is 0 Å². The Bertz CT molecular complexity index is 921. The van der Waals surface area contributed by atoms with Gasteiger partial charge in [0.25, 0.3) is 5.91 Å². The lowest BCUT2D eigenvalue weighted by Crippen LogP contribution is -2.10. The Hall–Kier alpha value is -2.64. The maximum absolute atomic E-state index is 11.5. The first kappa shape index (κ1) is 16.2. The van der Waals surface area contributed by atoms with E-state index in [-0.39, 0.29) is 11.5 Å². The highest BCUT2D eigenvalue weighted by molar-refractivity contribution is 7.21. The van der Waals surface area contributed by atoms with Crippen molar-refractivity contribution in [1.29, 1.82) is 0 Å². The van der Waals surface area contributed by atoms with Crippen molar-refractivity contribution in [3.63, 3.8) is 0 Å². The molecule has 0 bridgehead atoms. The molecular formula is C17H17N3O3S. The minimum absolute atomic E-state index is 0.103. The van der Waals surface area contributed by atoms with E-state index in [4.69, 9.17) is 21.3 Å². The van der Waals surface area contributed by atoms with Crippen LogP contribution in [0.15, 0.2) is 30.5 Å². The number of ether oxygens (including phenoxy) is 1. The monoisotopic (exact) mass is 343 g/mol. The lowest BCUT2D eigenvalue weighted by atomic mass is 10.1. The lowest BCUT2D eigenvalue weighted by Gasteiger charge is -2.11. The summed E-state index contributed by atoms with van der Waals surface area (Å²) in [6.07, 6.45) is 2.20. The number of primary amides is 1. The van der Waals surface area contributed by atoms with Gasteiger partial charge in [0, 0.05) is 12.8 Å². The normalized spacial score (nSPS) is 10.9. The Balaban J connectivity index is 2.03. The zero-order valence-corrected chi connectivity index (χ0v) is 13.9. The highest BCUT2D eigenvalue weighted by Crippen LogP contribution is 2.40. The number of aromatic nitrogens is 1. The molecule has 0 unspecified atom stereocenters. The number of thiophene rings is 1. The predicted octanol–water partition coefficient (Wildman–Crippen LogP) is 2.61. The number of aryl methyl sites for hydroxylation is 1. The largest absolute Gasteiger partial charge is 0.456 e. The van der Waals surface area contributed by atoms with Crippen LogP contribution in [0.4, 0.5) is 5.69 Å². The fourth-order valence-corrected chi connectivity index (χ4v) is 3.45. The van der Waals surface area contributed by atoms with Gasteiger partial charge in [-0.1, -0.05) is 12.1 Å². The molecule has 0 fully saturated rings. The van der Waals surface area contributed by atoms with Crippen molar-refractivity contribution >= 4 is 33.1 Å². The minimum Gasteiger partial charge on any atom is -0.456 e. The number of benzene rings is 1. The Labute approximate surface area is 142 Å². The molecule has 0 saturated heterocycles. The third-order valence-electron chi connectivity index (χ3n) is 3.67.